The van der Waals surface area contributed by atoms with Crippen LogP contribution >= 0.6 is 0 Å². The molecular formula is C19H21N5O3. The van der Waals surface area contributed by atoms with Crippen molar-refractivity contribution in [3.8, 4) is 11.4 Å². The summed E-state index contributed by atoms with van der Waals surface area (Å²) in [7, 11) is 0. The molecule has 0 radical (unpaired) electrons. The van der Waals surface area contributed by atoms with Gasteiger partial charge in [0.15, 0.2) is 5.69 Å². The quantitative estimate of drug-likeness (QED) is 0.683. The van der Waals surface area contributed by atoms with Crippen LogP contribution in [0.4, 0.5) is 0 Å². The molecule has 0 unspecified atom stereocenters. The highest BCUT2D eigenvalue weighted by molar-refractivity contribution is 5.92. The van der Waals surface area contributed by atoms with Crippen molar-refractivity contribution in [2.75, 3.05) is 13.1 Å². The third-order valence-electron chi connectivity index (χ3n) is 4.69. The summed E-state index contributed by atoms with van der Waals surface area (Å²) in [6.07, 6.45) is 6.90. The molecule has 0 saturated carbocycles. The molecule has 1 saturated heterocycles. The summed E-state index contributed by atoms with van der Waals surface area (Å²) in [5, 5.41) is 7.98. The Kier molecular flexibility index (Phi) is 4.95. The van der Waals surface area contributed by atoms with Gasteiger partial charge < -0.3 is 13.9 Å². The molecule has 140 valence electrons. The topological polar surface area (TPSA) is 98.2 Å². The van der Waals surface area contributed by atoms with Crippen molar-refractivity contribution in [1.29, 1.82) is 0 Å². The van der Waals surface area contributed by atoms with Crippen LogP contribution in [0.15, 0.2) is 39.6 Å². The van der Waals surface area contributed by atoms with E-state index < -0.39 is 0 Å². The number of carbonyl (C=O) groups is 1. The van der Waals surface area contributed by atoms with Gasteiger partial charge in [-0.25, -0.2) is 0 Å². The van der Waals surface area contributed by atoms with E-state index in [9.17, 15) is 4.79 Å². The summed E-state index contributed by atoms with van der Waals surface area (Å²) in [6.45, 7) is 3.28. The minimum absolute atomic E-state index is 0.0163. The molecule has 3 aromatic rings. The first-order valence-corrected chi connectivity index (χ1v) is 9.23. The van der Waals surface area contributed by atoms with Crippen molar-refractivity contribution in [1.82, 2.24) is 25.2 Å². The lowest BCUT2D eigenvalue weighted by Gasteiger charge is -2.30. The molecule has 1 atom stereocenters. The molecule has 0 bridgehead atoms. The zero-order valence-electron chi connectivity index (χ0n) is 15.2. The maximum atomic E-state index is 12.7. The lowest BCUT2D eigenvalue weighted by molar-refractivity contribution is 0.0685. The number of pyridine rings is 1. The number of carbonyl (C=O) groups excluding carboxylic acids is 1. The summed E-state index contributed by atoms with van der Waals surface area (Å²) in [5.74, 6) is 1.72. The Balaban J connectivity index is 1.46. The summed E-state index contributed by atoms with van der Waals surface area (Å²) in [5.41, 5.74) is 1.17. The molecule has 1 amide bonds. The molecule has 0 N–H and O–H groups in total. The normalized spacial score (nSPS) is 17.2. The summed E-state index contributed by atoms with van der Waals surface area (Å²) in [4.78, 5) is 23.1. The zero-order valence-corrected chi connectivity index (χ0v) is 15.2. The van der Waals surface area contributed by atoms with Crippen LogP contribution in [0, 0.1) is 0 Å². The monoisotopic (exact) mass is 367 g/mol. The van der Waals surface area contributed by atoms with Crippen LogP contribution in [-0.2, 0) is 6.42 Å². The number of piperidine rings is 1. The number of amides is 1. The van der Waals surface area contributed by atoms with Crippen molar-refractivity contribution in [2.24, 2.45) is 0 Å². The van der Waals surface area contributed by atoms with Gasteiger partial charge in [0.1, 0.15) is 5.76 Å². The maximum Gasteiger partial charge on any atom is 0.276 e. The van der Waals surface area contributed by atoms with Gasteiger partial charge in [0.25, 0.3) is 5.91 Å². The van der Waals surface area contributed by atoms with E-state index >= 15 is 0 Å². The van der Waals surface area contributed by atoms with Gasteiger partial charge in [-0.2, -0.15) is 4.98 Å². The number of hydrogen-bond donors (Lipinski definition) is 0. The second-order valence-corrected chi connectivity index (χ2v) is 6.72. The van der Waals surface area contributed by atoms with E-state index in [1.54, 1.807) is 23.4 Å². The highest BCUT2D eigenvalue weighted by Crippen LogP contribution is 2.28. The van der Waals surface area contributed by atoms with Gasteiger partial charge in [-0.3, -0.25) is 9.78 Å². The van der Waals surface area contributed by atoms with Crippen molar-refractivity contribution >= 4 is 5.91 Å². The first-order valence-electron chi connectivity index (χ1n) is 9.23. The third kappa shape index (κ3) is 3.74. The van der Waals surface area contributed by atoms with Gasteiger partial charge in [-0.1, -0.05) is 17.2 Å². The first kappa shape index (κ1) is 17.4. The average Bonchev–Trinajstić information content (AvgIpc) is 3.39. The minimum atomic E-state index is -0.113. The molecule has 0 spiro atoms. The molecule has 8 heteroatoms. The molecule has 0 aliphatic carbocycles. The fraction of sp³-hybridized carbons (Fsp3) is 0.421. The van der Waals surface area contributed by atoms with Crippen LogP contribution in [0.3, 0.4) is 0 Å². The van der Waals surface area contributed by atoms with E-state index in [2.05, 4.69) is 27.2 Å². The molecule has 1 fully saturated rings. The van der Waals surface area contributed by atoms with Gasteiger partial charge in [0, 0.05) is 43.5 Å². The molecule has 8 nitrogen and oxygen atoms in total. The zero-order chi connectivity index (χ0) is 18.6. The van der Waals surface area contributed by atoms with E-state index in [-0.39, 0.29) is 11.8 Å². The second-order valence-electron chi connectivity index (χ2n) is 6.72. The molecule has 4 rings (SSSR count). The van der Waals surface area contributed by atoms with E-state index in [1.807, 2.05) is 12.1 Å². The Morgan fingerprint density at radius 3 is 3.07 bits per heavy atom. The van der Waals surface area contributed by atoms with E-state index in [1.165, 1.54) is 0 Å². The Morgan fingerprint density at radius 1 is 1.33 bits per heavy atom. The predicted octanol–water partition coefficient (Wildman–Crippen LogP) is 3.09. The van der Waals surface area contributed by atoms with E-state index in [4.69, 9.17) is 9.05 Å². The highest BCUT2D eigenvalue weighted by atomic mass is 16.5. The molecule has 0 aromatic carbocycles. The Labute approximate surface area is 156 Å². The van der Waals surface area contributed by atoms with Crippen molar-refractivity contribution in [3.05, 3.63) is 47.9 Å². The Hall–Kier alpha value is -3.03. The number of aryl methyl sites for hydroxylation is 1. The smallest absolute Gasteiger partial charge is 0.276 e. The molecule has 1 aliphatic heterocycles. The predicted molar refractivity (Wildman–Crippen MR) is 95.9 cm³/mol. The van der Waals surface area contributed by atoms with Crippen LogP contribution in [-0.4, -0.2) is 44.2 Å². The molecule has 1 aliphatic rings. The number of aromatic nitrogens is 4. The SMILES string of the molecule is CCCc1cc(C(=O)N2CCC[C@@H](c3nc(-c4cccnc4)no3)C2)no1. The number of hydrogen-bond acceptors (Lipinski definition) is 7. The number of rotatable bonds is 5. The second kappa shape index (κ2) is 7.69. The van der Waals surface area contributed by atoms with Crippen LogP contribution in [0.2, 0.25) is 0 Å². The summed E-state index contributed by atoms with van der Waals surface area (Å²) >= 11 is 0. The average molecular weight is 367 g/mol. The van der Waals surface area contributed by atoms with Crippen molar-refractivity contribution in [2.45, 2.75) is 38.5 Å². The Bertz CT molecular complexity index is 905. The molecule has 27 heavy (non-hydrogen) atoms. The largest absolute Gasteiger partial charge is 0.361 e. The lowest BCUT2D eigenvalue weighted by atomic mass is 9.97. The van der Waals surface area contributed by atoms with Crippen LogP contribution in [0.5, 0.6) is 0 Å². The molecule has 3 aromatic heterocycles. The van der Waals surface area contributed by atoms with Gasteiger partial charge in [-0.05, 0) is 31.4 Å². The fourth-order valence-electron chi connectivity index (χ4n) is 3.32. The standard InChI is InChI=1S/C19H21N5O3/c1-2-5-15-10-16(22-26-15)19(25)24-9-4-7-14(12-24)18-21-17(23-27-18)13-6-3-8-20-11-13/h3,6,8,10-11,14H,2,4-5,7,9,12H2,1H3/t14-/m1/s1. The van der Waals surface area contributed by atoms with Crippen molar-refractivity contribution in [3.63, 3.8) is 0 Å². The molecule has 4 heterocycles. The first-order chi connectivity index (χ1) is 13.2. The maximum absolute atomic E-state index is 12.7. The summed E-state index contributed by atoms with van der Waals surface area (Å²) < 4.78 is 10.7. The lowest BCUT2D eigenvalue weighted by Crippen LogP contribution is -2.39. The van der Waals surface area contributed by atoms with Crippen LogP contribution in [0.25, 0.3) is 11.4 Å². The van der Waals surface area contributed by atoms with Crippen LogP contribution < -0.4 is 0 Å². The van der Waals surface area contributed by atoms with Crippen molar-refractivity contribution < 1.29 is 13.8 Å². The highest BCUT2D eigenvalue weighted by Gasteiger charge is 2.30. The minimum Gasteiger partial charge on any atom is -0.361 e. The number of nitrogens with zero attached hydrogens (tertiary/aromatic N) is 5. The fourth-order valence-corrected chi connectivity index (χ4v) is 3.32. The van der Waals surface area contributed by atoms with Gasteiger partial charge >= 0.3 is 0 Å². The third-order valence-corrected chi connectivity index (χ3v) is 4.69. The molecular weight excluding hydrogens is 346 g/mol. The van der Waals surface area contributed by atoms with Gasteiger partial charge in [0.05, 0.1) is 5.92 Å². The van der Waals surface area contributed by atoms with Gasteiger partial charge in [-0.15, -0.1) is 0 Å². The van der Waals surface area contributed by atoms with Gasteiger partial charge in [0.2, 0.25) is 11.7 Å². The van der Waals surface area contributed by atoms with E-state index in [0.717, 1.165) is 37.0 Å². The number of likely N-dealkylation sites (tertiary alicyclic amines) is 1. The van der Waals surface area contributed by atoms with Crippen LogP contribution in [0.1, 0.15) is 54.2 Å². The van der Waals surface area contributed by atoms with E-state index in [0.29, 0.717) is 30.5 Å². The Morgan fingerprint density at radius 2 is 2.26 bits per heavy atom. The summed E-state index contributed by atoms with van der Waals surface area (Å²) in [6, 6.07) is 5.45.